The van der Waals surface area contributed by atoms with E-state index in [1.54, 1.807) is 29.2 Å². The summed E-state index contributed by atoms with van der Waals surface area (Å²) in [5, 5.41) is 11.7. The van der Waals surface area contributed by atoms with Crippen LogP contribution in [0.2, 0.25) is 0 Å². The third-order valence-electron chi connectivity index (χ3n) is 4.06. The maximum atomic E-state index is 12.3. The fourth-order valence-electron chi connectivity index (χ4n) is 2.52. The molecular weight excluding hydrogens is 396 g/mol. The summed E-state index contributed by atoms with van der Waals surface area (Å²) in [6, 6.07) is 6.38. The molecule has 0 aliphatic rings. The Hall–Kier alpha value is -3.51. The van der Waals surface area contributed by atoms with Crippen molar-refractivity contribution in [3.05, 3.63) is 46.3 Å². The van der Waals surface area contributed by atoms with Crippen LogP contribution in [-0.4, -0.2) is 68.4 Å². The molecule has 0 saturated heterocycles. The molecule has 1 aromatic carbocycles. The van der Waals surface area contributed by atoms with Crippen LogP contribution in [0.15, 0.2) is 30.6 Å². The molecule has 1 aromatic heterocycles. The minimum Gasteiger partial charge on any atom is -0.497 e. The van der Waals surface area contributed by atoms with E-state index in [9.17, 15) is 14.9 Å². The minimum atomic E-state index is -0.607. The quantitative estimate of drug-likeness (QED) is 0.380. The zero-order valence-electron chi connectivity index (χ0n) is 17.0. The van der Waals surface area contributed by atoms with Crippen LogP contribution in [0, 0.1) is 10.1 Å². The lowest BCUT2D eigenvalue weighted by molar-refractivity contribution is -0.383. The maximum absolute atomic E-state index is 12.3. The number of benzene rings is 1. The lowest BCUT2D eigenvalue weighted by Gasteiger charge is -2.23. The van der Waals surface area contributed by atoms with Crippen LogP contribution in [0.4, 0.5) is 17.3 Å². The Bertz CT molecular complexity index is 840. The van der Waals surface area contributed by atoms with Gasteiger partial charge in [-0.25, -0.2) is 9.97 Å². The van der Waals surface area contributed by atoms with Crippen molar-refractivity contribution in [1.29, 1.82) is 0 Å². The van der Waals surface area contributed by atoms with E-state index in [-0.39, 0.29) is 17.3 Å². The Balaban J connectivity index is 2.23. The van der Waals surface area contributed by atoms with E-state index >= 15 is 0 Å². The number of nitro groups is 1. The molecule has 0 atom stereocenters. The Kier molecular flexibility index (Phi) is 8.72. The molecule has 0 aliphatic carbocycles. The van der Waals surface area contributed by atoms with Crippen molar-refractivity contribution in [3.63, 3.8) is 0 Å². The predicted molar refractivity (Wildman–Crippen MR) is 109 cm³/mol. The van der Waals surface area contributed by atoms with E-state index in [0.29, 0.717) is 37.6 Å². The summed E-state index contributed by atoms with van der Waals surface area (Å²) in [5.74, 6) is 0.0440. The second-order valence-electron chi connectivity index (χ2n) is 5.93. The van der Waals surface area contributed by atoms with Gasteiger partial charge in [-0.15, -0.1) is 0 Å². The number of methoxy groups -OCH3 is 3. The molecule has 12 nitrogen and oxygen atoms in total. The van der Waals surface area contributed by atoms with Crippen molar-refractivity contribution in [2.24, 2.45) is 0 Å². The fourth-order valence-corrected chi connectivity index (χ4v) is 2.52. The van der Waals surface area contributed by atoms with Gasteiger partial charge in [-0.1, -0.05) is 0 Å². The Labute approximate surface area is 173 Å². The van der Waals surface area contributed by atoms with Gasteiger partial charge in [-0.05, 0) is 24.3 Å². The van der Waals surface area contributed by atoms with Gasteiger partial charge in [0.2, 0.25) is 11.6 Å². The number of hydrogen-bond acceptors (Lipinski definition) is 10. The Morgan fingerprint density at radius 1 is 1.10 bits per heavy atom. The first-order valence-corrected chi connectivity index (χ1v) is 8.94. The van der Waals surface area contributed by atoms with Gasteiger partial charge in [0.05, 0.1) is 25.2 Å². The Morgan fingerprint density at radius 3 is 2.27 bits per heavy atom. The van der Waals surface area contributed by atoms with Gasteiger partial charge in [0, 0.05) is 32.9 Å². The van der Waals surface area contributed by atoms with Gasteiger partial charge >= 0.3 is 5.69 Å². The summed E-state index contributed by atoms with van der Waals surface area (Å²) in [5.41, 5.74) is 4.88. The highest BCUT2D eigenvalue weighted by molar-refractivity contribution is 5.95. The largest absolute Gasteiger partial charge is 0.497 e. The number of amides is 1. The van der Waals surface area contributed by atoms with Crippen molar-refractivity contribution >= 4 is 23.2 Å². The van der Waals surface area contributed by atoms with Gasteiger partial charge in [-0.3, -0.25) is 25.8 Å². The zero-order valence-corrected chi connectivity index (χ0v) is 17.0. The van der Waals surface area contributed by atoms with Crippen LogP contribution >= 0.6 is 0 Å². The molecule has 1 amide bonds. The molecule has 2 rings (SSSR count). The summed E-state index contributed by atoms with van der Waals surface area (Å²) in [4.78, 5) is 33.1. The number of anilines is 2. The van der Waals surface area contributed by atoms with Crippen LogP contribution in [0.3, 0.4) is 0 Å². The number of aromatic nitrogens is 2. The summed E-state index contributed by atoms with van der Waals surface area (Å²) < 4.78 is 15.2. The molecule has 0 spiro atoms. The second-order valence-corrected chi connectivity index (χ2v) is 5.93. The number of carbonyl (C=O) groups excluding carboxylic acids is 1. The van der Waals surface area contributed by atoms with E-state index in [0.717, 1.165) is 0 Å². The highest BCUT2D eigenvalue weighted by Gasteiger charge is 2.27. The average Bonchev–Trinajstić information content (AvgIpc) is 2.77. The van der Waals surface area contributed by atoms with E-state index in [1.807, 2.05) is 0 Å². The number of carbonyl (C=O) groups is 1. The van der Waals surface area contributed by atoms with Gasteiger partial charge in [0.25, 0.3) is 5.91 Å². The highest BCUT2D eigenvalue weighted by Crippen LogP contribution is 2.31. The number of nitrogens with one attached hydrogen (secondary N) is 2. The topological polar surface area (TPSA) is 141 Å². The molecule has 2 aromatic rings. The van der Waals surface area contributed by atoms with Gasteiger partial charge < -0.3 is 19.1 Å². The van der Waals surface area contributed by atoms with E-state index < -0.39 is 10.8 Å². The van der Waals surface area contributed by atoms with Crippen molar-refractivity contribution in [1.82, 2.24) is 15.4 Å². The van der Waals surface area contributed by atoms with Crippen molar-refractivity contribution in [3.8, 4) is 5.75 Å². The van der Waals surface area contributed by atoms with E-state index in [2.05, 4.69) is 20.8 Å². The average molecular weight is 420 g/mol. The molecule has 0 radical (unpaired) electrons. The molecule has 1 heterocycles. The lowest BCUT2D eigenvalue weighted by Crippen LogP contribution is -2.33. The summed E-state index contributed by atoms with van der Waals surface area (Å²) in [7, 11) is 4.58. The third kappa shape index (κ3) is 5.99. The first kappa shape index (κ1) is 22.8. The number of hydrogen-bond donors (Lipinski definition) is 2. The molecule has 12 heteroatoms. The number of rotatable bonds is 12. The van der Waals surface area contributed by atoms with Crippen LogP contribution in [-0.2, 0) is 9.47 Å². The van der Waals surface area contributed by atoms with E-state index in [1.165, 1.54) is 27.7 Å². The standard InChI is InChI=1S/C18H24N6O6/c1-28-10-8-23(9-11-29-2)17-15(24(26)27)16(19-12-20-17)21-22-18(25)13-4-6-14(30-3)7-5-13/h4-7,12H,8-11H2,1-3H3,(H,22,25)(H,19,20,21). The van der Waals surface area contributed by atoms with Crippen molar-refractivity contribution in [2.75, 3.05) is 58.0 Å². The van der Waals surface area contributed by atoms with Gasteiger partial charge in [-0.2, -0.15) is 0 Å². The molecule has 0 bridgehead atoms. The molecule has 2 N–H and O–H groups in total. The van der Waals surface area contributed by atoms with E-state index in [4.69, 9.17) is 14.2 Å². The summed E-state index contributed by atoms with van der Waals surface area (Å²) >= 11 is 0. The molecule has 0 fully saturated rings. The molecule has 30 heavy (non-hydrogen) atoms. The highest BCUT2D eigenvalue weighted by atomic mass is 16.6. The monoisotopic (exact) mass is 420 g/mol. The van der Waals surface area contributed by atoms with Gasteiger partial charge in [0.15, 0.2) is 0 Å². The molecule has 0 saturated carbocycles. The minimum absolute atomic E-state index is 0.0882. The lowest BCUT2D eigenvalue weighted by atomic mass is 10.2. The maximum Gasteiger partial charge on any atom is 0.355 e. The van der Waals surface area contributed by atoms with Gasteiger partial charge in [0.1, 0.15) is 12.1 Å². The normalized spacial score (nSPS) is 10.4. The molecular formula is C18H24N6O6. The first-order chi connectivity index (χ1) is 14.5. The molecule has 0 unspecified atom stereocenters. The summed E-state index contributed by atoms with van der Waals surface area (Å²) in [6.07, 6.45) is 1.18. The smallest absolute Gasteiger partial charge is 0.355 e. The molecule has 162 valence electrons. The van der Waals surface area contributed by atoms with Crippen molar-refractivity contribution < 1.29 is 23.9 Å². The van der Waals surface area contributed by atoms with Crippen LogP contribution in [0.1, 0.15) is 10.4 Å². The second kappa shape index (κ2) is 11.5. The fraction of sp³-hybridized carbons (Fsp3) is 0.389. The zero-order chi connectivity index (χ0) is 21.9. The van der Waals surface area contributed by atoms with Crippen LogP contribution < -0.4 is 20.5 Å². The number of ether oxygens (including phenoxy) is 3. The number of hydrazine groups is 1. The number of nitrogens with zero attached hydrogens (tertiary/aromatic N) is 4. The van der Waals surface area contributed by atoms with Crippen molar-refractivity contribution in [2.45, 2.75) is 0 Å². The van der Waals surface area contributed by atoms with Crippen LogP contribution in [0.25, 0.3) is 0 Å². The Morgan fingerprint density at radius 2 is 1.73 bits per heavy atom. The third-order valence-corrected chi connectivity index (χ3v) is 4.06. The predicted octanol–water partition coefficient (Wildman–Crippen LogP) is 1.25. The van der Waals surface area contributed by atoms with Crippen LogP contribution in [0.5, 0.6) is 5.75 Å². The first-order valence-electron chi connectivity index (χ1n) is 8.94. The summed E-state index contributed by atoms with van der Waals surface area (Å²) in [6.45, 7) is 1.38. The molecule has 0 aliphatic heterocycles. The SMILES string of the molecule is COCCN(CCOC)c1ncnc(NNC(=O)c2ccc(OC)cc2)c1[N+](=O)[O-].